The number of pyridine rings is 1. The first kappa shape index (κ1) is 12.6. The molecule has 1 aromatic heterocycles. The zero-order chi connectivity index (χ0) is 14.1. The first-order chi connectivity index (χ1) is 9.65. The Kier molecular flexibility index (Phi) is 3.11. The van der Waals surface area contributed by atoms with Crippen molar-refractivity contribution in [3.63, 3.8) is 0 Å². The van der Waals surface area contributed by atoms with E-state index in [0.717, 1.165) is 33.3 Å². The Bertz CT molecular complexity index is 782. The van der Waals surface area contributed by atoms with Crippen molar-refractivity contribution in [1.82, 2.24) is 4.98 Å². The number of rotatable bonds is 2. The van der Waals surface area contributed by atoms with Crippen molar-refractivity contribution in [3.05, 3.63) is 83.6 Å². The number of hydrogen-bond donors (Lipinski definition) is 0. The molecule has 0 saturated heterocycles. The first-order valence-corrected chi connectivity index (χ1v) is 6.78. The van der Waals surface area contributed by atoms with E-state index in [-0.39, 0.29) is 0 Å². The lowest BCUT2D eigenvalue weighted by molar-refractivity contribution is 1.25. The maximum atomic E-state index is 4.59. The van der Waals surface area contributed by atoms with Crippen molar-refractivity contribution in [3.8, 4) is 0 Å². The van der Waals surface area contributed by atoms with Crippen molar-refractivity contribution in [2.75, 3.05) is 0 Å². The molecule has 0 radical (unpaired) electrons. The summed E-state index contributed by atoms with van der Waals surface area (Å²) in [7, 11) is 0. The third kappa shape index (κ3) is 2.23. The average molecular weight is 259 g/mol. The van der Waals surface area contributed by atoms with Gasteiger partial charge in [-0.05, 0) is 42.7 Å². The van der Waals surface area contributed by atoms with Crippen LogP contribution >= 0.6 is 0 Å². The average Bonchev–Trinajstić information content (AvgIpc) is 2.46. The van der Waals surface area contributed by atoms with Crippen LogP contribution in [0.1, 0.15) is 22.4 Å². The van der Waals surface area contributed by atoms with Crippen molar-refractivity contribution < 1.29 is 0 Å². The van der Waals surface area contributed by atoms with Gasteiger partial charge in [-0.2, -0.15) is 0 Å². The molecule has 98 valence electrons. The monoisotopic (exact) mass is 259 g/mol. The molecule has 0 saturated carbocycles. The summed E-state index contributed by atoms with van der Waals surface area (Å²) in [5, 5.41) is 1.16. The first-order valence-electron chi connectivity index (χ1n) is 6.78. The van der Waals surface area contributed by atoms with Crippen LogP contribution in [0, 0.1) is 13.8 Å². The van der Waals surface area contributed by atoms with Gasteiger partial charge in [-0.25, -0.2) is 0 Å². The molecule has 0 aliphatic carbocycles. The molecule has 1 heterocycles. The minimum Gasteiger partial charge on any atom is -0.253 e. The quantitative estimate of drug-likeness (QED) is 0.637. The Hall–Kier alpha value is -2.41. The smallest absolute Gasteiger partial charge is 0.0711 e. The molecule has 0 amide bonds. The van der Waals surface area contributed by atoms with E-state index in [2.05, 4.69) is 54.9 Å². The molecular formula is C19H17N. The van der Waals surface area contributed by atoms with Crippen LogP contribution in [0.3, 0.4) is 0 Å². The van der Waals surface area contributed by atoms with E-state index in [0.29, 0.717) is 0 Å². The zero-order valence-electron chi connectivity index (χ0n) is 11.9. The van der Waals surface area contributed by atoms with Crippen LogP contribution in [0.25, 0.3) is 16.5 Å². The van der Waals surface area contributed by atoms with Gasteiger partial charge in [-0.1, -0.05) is 54.6 Å². The van der Waals surface area contributed by atoms with Gasteiger partial charge in [0.1, 0.15) is 0 Å². The van der Waals surface area contributed by atoms with E-state index in [1.54, 1.807) is 0 Å². The Labute approximate surface area is 119 Å². The SMILES string of the molecule is C=C(c1ccc(C)cc1)c1cc(C)nc2ccccc12. The number of aryl methyl sites for hydroxylation is 2. The van der Waals surface area contributed by atoms with Crippen molar-refractivity contribution in [2.45, 2.75) is 13.8 Å². The maximum Gasteiger partial charge on any atom is 0.0711 e. The molecule has 0 atom stereocenters. The fraction of sp³-hybridized carbons (Fsp3) is 0.105. The highest BCUT2D eigenvalue weighted by molar-refractivity contribution is 5.95. The van der Waals surface area contributed by atoms with Crippen molar-refractivity contribution >= 4 is 16.5 Å². The van der Waals surface area contributed by atoms with Crippen LogP contribution in [-0.4, -0.2) is 4.98 Å². The standard InChI is InChI=1S/C19H17N/c1-13-8-10-16(11-9-13)15(3)18-12-14(2)20-19-7-5-4-6-17(18)19/h4-12H,3H2,1-2H3. The summed E-state index contributed by atoms with van der Waals surface area (Å²) in [6.07, 6.45) is 0. The Balaban J connectivity index is 2.18. The van der Waals surface area contributed by atoms with E-state index in [4.69, 9.17) is 0 Å². The number of para-hydroxylation sites is 1. The predicted octanol–water partition coefficient (Wildman–Crippen LogP) is 4.91. The van der Waals surface area contributed by atoms with Crippen molar-refractivity contribution in [1.29, 1.82) is 0 Å². The van der Waals surface area contributed by atoms with Crippen LogP contribution in [0.15, 0.2) is 61.2 Å². The van der Waals surface area contributed by atoms with Crippen LogP contribution < -0.4 is 0 Å². The second-order valence-electron chi connectivity index (χ2n) is 5.17. The molecule has 0 unspecified atom stereocenters. The normalized spacial score (nSPS) is 10.7. The van der Waals surface area contributed by atoms with Gasteiger partial charge in [0, 0.05) is 11.1 Å². The van der Waals surface area contributed by atoms with Crippen LogP contribution in [0.5, 0.6) is 0 Å². The highest BCUT2D eigenvalue weighted by Crippen LogP contribution is 2.28. The molecule has 0 bridgehead atoms. The lowest BCUT2D eigenvalue weighted by atomic mass is 9.95. The molecule has 0 aliphatic rings. The Morgan fingerprint density at radius 3 is 2.40 bits per heavy atom. The van der Waals surface area contributed by atoms with Gasteiger partial charge in [-0.3, -0.25) is 4.98 Å². The third-order valence-corrected chi connectivity index (χ3v) is 3.57. The molecule has 3 aromatic rings. The summed E-state index contributed by atoms with van der Waals surface area (Å²) < 4.78 is 0. The van der Waals surface area contributed by atoms with E-state index in [9.17, 15) is 0 Å². The van der Waals surface area contributed by atoms with Crippen LogP contribution in [-0.2, 0) is 0 Å². The summed E-state index contributed by atoms with van der Waals surface area (Å²) >= 11 is 0. The van der Waals surface area contributed by atoms with E-state index in [1.165, 1.54) is 5.56 Å². The summed E-state index contributed by atoms with van der Waals surface area (Å²) in [5.74, 6) is 0. The highest BCUT2D eigenvalue weighted by Gasteiger charge is 2.08. The third-order valence-electron chi connectivity index (χ3n) is 3.57. The van der Waals surface area contributed by atoms with Gasteiger partial charge in [0.05, 0.1) is 5.52 Å². The van der Waals surface area contributed by atoms with Crippen molar-refractivity contribution in [2.24, 2.45) is 0 Å². The zero-order valence-corrected chi connectivity index (χ0v) is 11.9. The molecule has 0 spiro atoms. The van der Waals surface area contributed by atoms with Crippen LogP contribution in [0.2, 0.25) is 0 Å². The molecule has 1 nitrogen and oxygen atoms in total. The minimum absolute atomic E-state index is 1.02. The van der Waals surface area contributed by atoms with Gasteiger partial charge in [-0.15, -0.1) is 0 Å². The summed E-state index contributed by atoms with van der Waals surface area (Å²) in [5.41, 5.74) is 6.68. The fourth-order valence-corrected chi connectivity index (χ4v) is 2.47. The second-order valence-corrected chi connectivity index (χ2v) is 5.17. The van der Waals surface area contributed by atoms with Gasteiger partial charge in [0.15, 0.2) is 0 Å². The summed E-state index contributed by atoms with van der Waals surface area (Å²) in [6.45, 7) is 8.41. The predicted molar refractivity (Wildman–Crippen MR) is 85.8 cm³/mol. The maximum absolute atomic E-state index is 4.59. The topological polar surface area (TPSA) is 12.9 Å². The highest BCUT2D eigenvalue weighted by atomic mass is 14.7. The molecule has 0 fully saturated rings. The molecular weight excluding hydrogens is 242 g/mol. The number of hydrogen-bond acceptors (Lipinski definition) is 1. The largest absolute Gasteiger partial charge is 0.253 e. The molecule has 1 heteroatoms. The summed E-state index contributed by atoms with van der Waals surface area (Å²) in [4.78, 5) is 4.59. The molecule has 0 N–H and O–H groups in total. The number of benzene rings is 2. The van der Waals surface area contributed by atoms with E-state index in [1.807, 2.05) is 25.1 Å². The van der Waals surface area contributed by atoms with E-state index < -0.39 is 0 Å². The fourth-order valence-electron chi connectivity index (χ4n) is 2.47. The number of aromatic nitrogens is 1. The Morgan fingerprint density at radius 2 is 1.65 bits per heavy atom. The molecule has 2 aromatic carbocycles. The lowest BCUT2D eigenvalue weighted by Crippen LogP contribution is -1.93. The van der Waals surface area contributed by atoms with Gasteiger partial charge < -0.3 is 0 Å². The van der Waals surface area contributed by atoms with Gasteiger partial charge in [0.2, 0.25) is 0 Å². The molecule has 0 aliphatic heterocycles. The number of nitrogens with zero attached hydrogens (tertiary/aromatic N) is 1. The van der Waals surface area contributed by atoms with E-state index >= 15 is 0 Å². The lowest BCUT2D eigenvalue weighted by Gasteiger charge is -2.11. The number of fused-ring (bicyclic) bond motifs is 1. The summed E-state index contributed by atoms with van der Waals surface area (Å²) in [6, 6.07) is 18.8. The van der Waals surface area contributed by atoms with Crippen LogP contribution in [0.4, 0.5) is 0 Å². The minimum atomic E-state index is 1.02. The molecule has 3 rings (SSSR count). The second kappa shape index (κ2) is 4.93. The Morgan fingerprint density at radius 1 is 0.950 bits per heavy atom. The van der Waals surface area contributed by atoms with Gasteiger partial charge >= 0.3 is 0 Å². The molecule has 20 heavy (non-hydrogen) atoms. The van der Waals surface area contributed by atoms with Gasteiger partial charge in [0.25, 0.3) is 0 Å².